The van der Waals surface area contributed by atoms with Gasteiger partial charge < -0.3 is 15.2 Å². The molecule has 2 aliphatic rings. The fourth-order valence-corrected chi connectivity index (χ4v) is 4.31. The highest BCUT2D eigenvalue weighted by Gasteiger charge is 2.32. The fourth-order valence-electron chi connectivity index (χ4n) is 4.31. The zero-order chi connectivity index (χ0) is 18.6. The van der Waals surface area contributed by atoms with Crippen LogP contribution < -0.4 is 5.32 Å². The molecule has 2 N–H and O–H groups in total. The Morgan fingerprint density at radius 2 is 1.96 bits per heavy atom. The van der Waals surface area contributed by atoms with Crippen molar-refractivity contribution in [2.24, 2.45) is 11.3 Å². The van der Waals surface area contributed by atoms with E-state index in [1.807, 2.05) is 0 Å². The van der Waals surface area contributed by atoms with Crippen molar-refractivity contribution in [2.75, 3.05) is 26.4 Å². The molecule has 0 saturated carbocycles. The first-order valence-electron chi connectivity index (χ1n) is 10.1. The third-order valence-electron chi connectivity index (χ3n) is 6.31. The molecule has 1 heterocycles. The van der Waals surface area contributed by atoms with Crippen molar-refractivity contribution in [3.63, 3.8) is 0 Å². The fraction of sp³-hybridized carbons (Fsp3) is 0.682. The molecule has 0 spiro atoms. The molecule has 144 valence electrons. The Labute approximate surface area is 157 Å². The molecule has 1 amide bonds. The maximum absolute atomic E-state index is 12.6. The van der Waals surface area contributed by atoms with Crippen molar-refractivity contribution in [3.8, 4) is 0 Å². The number of aliphatic hydroxyl groups excluding tert-OH is 1. The van der Waals surface area contributed by atoms with E-state index in [9.17, 15) is 9.90 Å². The molecule has 0 aromatic heterocycles. The van der Waals surface area contributed by atoms with E-state index in [-0.39, 0.29) is 23.8 Å². The van der Waals surface area contributed by atoms with Crippen LogP contribution in [0.5, 0.6) is 0 Å². The van der Waals surface area contributed by atoms with Crippen molar-refractivity contribution in [3.05, 3.63) is 34.9 Å². The number of ether oxygens (including phenoxy) is 1. The van der Waals surface area contributed by atoms with Crippen molar-refractivity contribution in [1.29, 1.82) is 0 Å². The van der Waals surface area contributed by atoms with E-state index in [1.54, 1.807) is 0 Å². The van der Waals surface area contributed by atoms with Crippen LogP contribution in [0.4, 0.5) is 0 Å². The molecule has 1 unspecified atom stereocenters. The molecule has 4 nitrogen and oxygen atoms in total. The Morgan fingerprint density at radius 3 is 2.65 bits per heavy atom. The van der Waals surface area contributed by atoms with Gasteiger partial charge in [-0.3, -0.25) is 4.79 Å². The minimum absolute atomic E-state index is 0.0866. The SMILES string of the molecule is CC(C)C(CC(=O)NCC1(CO)CCOCC1)c1ccc2c(c1)CCC2. The molecule has 0 radical (unpaired) electrons. The number of nitrogens with one attached hydrogen (secondary N) is 1. The zero-order valence-corrected chi connectivity index (χ0v) is 16.2. The molecule has 0 bridgehead atoms. The summed E-state index contributed by atoms with van der Waals surface area (Å²) in [7, 11) is 0. The Bertz CT molecular complexity index is 620. The third-order valence-corrected chi connectivity index (χ3v) is 6.31. The number of carbonyl (C=O) groups is 1. The van der Waals surface area contributed by atoms with Crippen LogP contribution in [-0.4, -0.2) is 37.4 Å². The maximum atomic E-state index is 12.6. The van der Waals surface area contributed by atoms with Gasteiger partial charge in [-0.25, -0.2) is 0 Å². The summed E-state index contributed by atoms with van der Waals surface area (Å²) in [5, 5.41) is 12.9. The van der Waals surface area contributed by atoms with E-state index >= 15 is 0 Å². The molecule has 1 aliphatic carbocycles. The lowest BCUT2D eigenvalue weighted by Crippen LogP contribution is -2.44. The number of aryl methyl sites for hydroxylation is 2. The average molecular weight is 360 g/mol. The maximum Gasteiger partial charge on any atom is 0.220 e. The molecule has 1 saturated heterocycles. The number of benzene rings is 1. The van der Waals surface area contributed by atoms with Gasteiger partial charge in [0.15, 0.2) is 0 Å². The van der Waals surface area contributed by atoms with Crippen LogP contribution >= 0.6 is 0 Å². The standard InChI is InChI=1S/C22H33NO3/c1-16(2)20(19-7-6-17-4-3-5-18(17)12-19)13-21(25)23-14-22(15-24)8-10-26-11-9-22/h6-7,12,16,20,24H,3-5,8-11,13-15H2,1-2H3,(H,23,25). The first-order chi connectivity index (χ1) is 12.5. The Balaban J connectivity index is 1.61. The van der Waals surface area contributed by atoms with Crippen LogP contribution in [0, 0.1) is 11.3 Å². The summed E-state index contributed by atoms with van der Waals surface area (Å²) < 4.78 is 5.40. The molecule has 1 aliphatic heterocycles. The smallest absolute Gasteiger partial charge is 0.220 e. The van der Waals surface area contributed by atoms with E-state index in [1.165, 1.54) is 36.0 Å². The van der Waals surface area contributed by atoms with Gasteiger partial charge in [-0.15, -0.1) is 0 Å². The lowest BCUT2D eigenvalue weighted by Gasteiger charge is -2.35. The summed E-state index contributed by atoms with van der Waals surface area (Å²) in [4.78, 5) is 12.6. The Hall–Kier alpha value is -1.39. The van der Waals surface area contributed by atoms with Gasteiger partial charge in [-0.1, -0.05) is 32.0 Å². The number of amides is 1. The van der Waals surface area contributed by atoms with Gasteiger partial charge in [0, 0.05) is 31.6 Å². The largest absolute Gasteiger partial charge is 0.396 e. The van der Waals surface area contributed by atoms with Gasteiger partial charge in [0.05, 0.1) is 6.61 Å². The highest BCUT2D eigenvalue weighted by atomic mass is 16.5. The number of aliphatic hydroxyl groups is 1. The predicted octanol–water partition coefficient (Wildman–Crippen LogP) is 3.21. The molecule has 1 atom stereocenters. The van der Waals surface area contributed by atoms with Gasteiger partial charge in [0.2, 0.25) is 5.91 Å². The first-order valence-corrected chi connectivity index (χ1v) is 10.1. The normalized spacial score (nSPS) is 20.0. The van der Waals surface area contributed by atoms with E-state index in [0.717, 1.165) is 12.8 Å². The number of rotatable bonds is 7. The molecule has 1 fully saturated rings. The van der Waals surface area contributed by atoms with E-state index in [4.69, 9.17) is 4.74 Å². The van der Waals surface area contributed by atoms with Gasteiger partial charge in [-0.05, 0) is 60.6 Å². The second kappa shape index (κ2) is 8.53. The van der Waals surface area contributed by atoms with E-state index in [0.29, 0.717) is 32.1 Å². The highest BCUT2D eigenvalue weighted by molar-refractivity contribution is 5.77. The predicted molar refractivity (Wildman–Crippen MR) is 103 cm³/mol. The van der Waals surface area contributed by atoms with Crippen LogP contribution in [0.3, 0.4) is 0 Å². The highest BCUT2D eigenvalue weighted by Crippen LogP contribution is 2.33. The Morgan fingerprint density at radius 1 is 1.23 bits per heavy atom. The summed E-state index contributed by atoms with van der Waals surface area (Å²) >= 11 is 0. The number of fused-ring (bicyclic) bond motifs is 1. The van der Waals surface area contributed by atoms with Crippen LogP contribution in [-0.2, 0) is 22.4 Å². The minimum Gasteiger partial charge on any atom is -0.396 e. The quantitative estimate of drug-likeness (QED) is 0.786. The Kier molecular flexibility index (Phi) is 6.36. The first kappa shape index (κ1) is 19.4. The van der Waals surface area contributed by atoms with Gasteiger partial charge >= 0.3 is 0 Å². The lowest BCUT2D eigenvalue weighted by atomic mass is 9.80. The van der Waals surface area contributed by atoms with E-state index in [2.05, 4.69) is 37.4 Å². The molecule has 4 heteroatoms. The number of hydrogen-bond donors (Lipinski definition) is 2. The van der Waals surface area contributed by atoms with Crippen LogP contribution in [0.1, 0.15) is 62.1 Å². The molecule has 1 aromatic carbocycles. The molecule has 3 rings (SSSR count). The van der Waals surface area contributed by atoms with Crippen LogP contribution in [0.25, 0.3) is 0 Å². The van der Waals surface area contributed by atoms with Gasteiger partial charge in [-0.2, -0.15) is 0 Å². The van der Waals surface area contributed by atoms with Crippen molar-refractivity contribution >= 4 is 5.91 Å². The second-order valence-electron chi connectivity index (χ2n) is 8.48. The monoisotopic (exact) mass is 359 g/mol. The average Bonchev–Trinajstić information content (AvgIpc) is 3.12. The van der Waals surface area contributed by atoms with Crippen molar-refractivity contribution in [2.45, 2.75) is 58.3 Å². The molecule has 1 aromatic rings. The number of carbonyl (C=O) groups excluding carboxylic acids is 1. The second-order valence-corrected chi connectivity index (χ2v) is 8.48. The summed E-state index contributed by atoms with van der Waals surface area (Å²) in [6, 6.07) is 6.80. The zero-order valence-electron chi connectivity index (χ0n) is 16.2. The van der Waals surface area contributed by atoms with E-state index < -0.39 is 0 Å². The molecule has 26 heavy (non-hydrogen) atoms. The van der Waals surface area contributed by atoms with Crippen LogP contribution in [0.15, 0.2) is 18.2 Å². The lowest BCUT2D eigenvalue weighted by molar-refractivity contribution is -0.123. The van der Waals surface area contributed by atoms with Crippen molar-refractivity contribution in [1.82, 2.24) is 5.32 Å². The van der Waals surface area contributed by atoms with Gasteiger partial charge in [0.25, 0.3) is 0 Å². The summed E-state index contributed by atoms with van der Waals surface area (Å²) in [6.45, 7) is 6.37. The molecular formula is C22H33NO3. The summed E-state index contributed by atoms with van der Waals surface area (Å²) in [6.07, 6.45) is 5.73. The summed E-state index contributed by atoms with van der Waals surface area (Å²) in [5.74, 6) is 0.735. The van der Waals surface area contributed by atoms with Crippen molar-refractivity contribution < 1.29 is 14.6 Å². The molecular weight excluding hydrogens is 326 g/mol. The van der Waals surface area contributed by atoms with Gasteiger partial charge in [0.1, 0.15) is 0 Å². The summed E-state index contributed by atoms with van der Waals surface area (Å²) in [5.41, 5.74) is 4.02. The van der Waals surface area contributed by atoms with Crippen LogP contribution in [0.2, 0.25) is 0 Å². The number of hydrogen-bond acceptors (Lipinski definition) is 3. The topological polar surface area (TPSA) is 58.6 Å². The minimum atomic E-state index is -0.213. The third kappa shape index (κ3) is 4.47.